The maximum atomic E-state index is 11.6. The molecule has 0 N–H and O–H groups in total. The van der Waals surface area contributed by atoms with Crippen molar-refractivity contribution in [3.63, 3.8) is 0 Å². The summed E-state index contributed by atoms with van der Waals surface area (Å²) >= 11 is 0. The van der Waals surface area contributed by atoms with Crippen molar-refractivity contribution in [2.45, 2.75) is 52.7 Å². The summed E-state index contributed by atoms with van der Waals surface area (Å²) in [4.78, 5) is 27.2. The Hall–Kier alpha value is -1.53. The highest BCUT2D eigenvalue weighted by molar-refractivity contribution is 6.62. The van der Waals surface area contributed by atoms with E-state index in [1.807, 2.05) is 27.7 Å². The fourth-order valence-electron chi connectivity index (χ4n) is 2.03. The third-order valence-corrected chi connectivity index (χ3v) is 4.09. The van der Waals surface area contributed by atoms with Gasteiger partial charge in [-0.25, -0.2) is 4.98 Å². The van der Waals surface area contributed by atoms with Crippen molar-refractivity contribution in [3.05, 3.63) is 23.5 Å². The number of pyridine rings is 1. The molecule has 1 aliphatic rings. The van der Waals surface area contributed by atoms with Gasteiger partial charge in [-0.15, -0.1) is 0 Å². The third-order valence-electron chi connectivity index (χ3n) is 4.09. The molecular formula is C15H20BNO4. The molecule has 0 aliphatic carbocycles. The standard InChI is InChI=1S/C15H20BNO4/c1-9(18)12-7-11(8-13(17-12)10(2)19)16-20-14(3,4)15(5,6)21-16/h7-8H,1-6H3. The van der Waals surface area contributed by atoms with E-state index in [0.717, 1.165) is 0 Å². The average molecular weight is 289 g/mol. The summed E-state index contributed by atoms with van der Waals surface area (Å²) in [5, 5.41) is 0. The van der Waals surface area contributed by atoms with Crippen LogP contribution in [0.3, 0.4) is 0 Å². The normalized spacial score (nSPS) is 19.6. The highest BCUT2D eigenvalue weighted by Crippen LogP contribution is 2.36. The Morgan fingerprint density at radius 1 is 0.952 bits per heavy atom. The van der Waals surface area contributed by atoms with Crippen molar-refractivity contribution in [2.24, 2.45) is 0 Å². The zero-order chi connectivity index (χ0) is 16.0. The molecule has 6 heteroatoms. The molecule has 5 nitrogen and oxygen atoms in total. The zero-order valence-electron chi connectivity index (χ0n) is 13.3. The number of Topliss-reactive ketones (excluding diaryl/α,β-unsaturated/α-hetero) is 2. The van der Waals surface area contributed by atoms with Crippen LogP contribution in [0.15, 0.2) is 12.1 Å². The molecular weight excluding hydrogens is 269 g/mol. The van der Waals surface area contributed by atoms with Gasteiger partial charge in [0.2, 0.25) is 0 Å². The minimum atomic E-state index is -0.616. The van der Waals surface area contributed by atoms with Gasteiger partial charge in [-0.3, -0.25) is 9.59 Å². The van der Waals surface area contributed by atoms with Crippen molar-refractivity contribution < 1.29 is 18.9 Å². The number of aromatic nitrogens is 1. The Bertz CT molecular complexity index is 561. The molecule has 1 saturated heterocycles. The SMILES string of the molecule is CC(=O)c1cc(B2OC(C)(C)C(C)(C)O2)cc(C(C)=O)n1. The second kappa shape index (κ2) is 5.03. The first kappa shape index (κ1) is 15.9. The van der Waals surface area contributed by atoms with Crippen LogP contribution >= 0.6 is 0 Å². The summed E-state index contributed by atoms with van der Waals surface area (Å²) in [5.74, 6) is -0.397. The van der Waals surface area contributed by atoms with Crippen LogP contribution in [0.25, 0.3) is 0 Å². The topological polar surface area (TPSA) is 65.5 Å². The minimum absolute atomic E-state index is 0.198. The second-order valence-corrected chi connectivity index (χ2v) is 6.37. The lowest BCUT2D eigenvalue weighted by Crippen LogP contribution is -2.41. The molecule has 1 aliphatic heterocycles. The lowest BCUT2D eigenvalue weighted by molar-refractivity contribution is 0.00578. The molecule has 0 aromatic carbocycles. The van der Waals surface area contributed by atoms with Crippen LogP contribution in [0.2, 0.25) is 0 Å². The summed E-state index contributed by atoms with van der Waals surface area (Å²) in [6, 6.07) is 3.24. The smallest absolute Gasteiger partial charge is 0.399 e. The van der Waals surface area contributed by atoms with Gasteiger partial charge in [-0.1, -0.05) is 0 Å². The van der Waals surface area contributed by atoms with E-state index in [1.165, 1.54) is 13.8 Å². The van der Waals surface area contributed by atoms with Crippen LogP contribution < -0.4 is 5.46 Å². The molecule has 2 heterocycles. The molecule has 1 aromatic heterocycles. The van der Waals surface area contributed by atoms with E-state index in [0.29, 0.717) is 5.46 Å². The molecule has 21 heavy (non-hydrogen) atoms. The molecule has 1 aromatic rings. The fraction of sp³-hybridized carbons (Fsp3) is 0.533. The molecule has 0 bridgehead atoms. The van der Waals surface area contributed by atoms with E-state index in [-0.39, 0.29) is 23.0 Å². The predicted octanol–water partition coefficient (Wildman–Crippen LogP) is 1.79. The van der Waals surface area contributed by atoms with Gasteiger partial charge < -0.3 is 9.31 Å². The second-order valence-electron chi connectivity index (χ2n) is 6.37. The highest BCUT2D eigenvalue weighted by atomic mass is 16.7. The van der Waals surface area contributed by atoms with Crippen LogP contribution in [0.1, 0.15) is 62.5 Å². The number of hydrogen-bond donors (Lipinski definition) is 0. The Morgan fingerprint density at radius 2 is 1.33 bits per heavy atom. The molecule has 0 unspecified atom stereocenters. The number of hydrogen-bond acceptors (Lipinski definition) is 5. The number of nitrogens with zero attached hydrogens (tertiary/aromatic N) is 1. The monoisotopic (exact) mass is 289 g/mol. The van der Waals surface area contributed by atoms with Gasteiger partial charge in [0.25, 0.3) is 0 Å². The summed E-state index contributed by atoms with van der Waals surface area (Å²) < 4.78 is 11.9. The van der Waals surface area contributed by atoms with Gasteiger partial charge in [-0.05, 0) is 45.3 Å². The number of ketones is 2. The maximum absolute atomic E-state index is 11.6. The minimum Gasteiger partial charge on any atom is -0.399 e. The van der Waals surface area contributed by atoms with E-state index in [4.69, 9.17) is 9.31 Å². The third kappa shape index (κ3) is 2.92. The Balaban J connectivity index is 2.45. The molecule has 0 saturated carbocycles. The van der Waals surface area contributed by atoms with Crippen molar-refractivity contribution in [1.29, 1.82) is 0 Å². The van der Waals surface area contributed by atoms with Crippen LogP contribution in [0.4, 0.5) is 0 Å². The first-order chi connectivity index (χ1) is 9.53. The summed E-state index contributed by atoms with van der Waals surface area (Å²) in [6.45, 7) is 10.6. The number of rotatable bonds is 3. The Morgan fingerprint density at radius 3 is 1.67 bits per heavy atom. The van der Waals surface area contributed by atoms with Gasteiger partial charge >= 0.3 is 7.12 Å². The van der Waals surface area contributed by atoms with E-state index >= 15 is 0 Å². The van der Waals surface area contributed by atoms with E-state index < -0.39 is 18.3 Å². The van der Waals surface area contributed by atoms with E-state index in [9.17, 15) is 9.59 Å². The first-order valence-electron chi connectivity index (χ1n) is 6.93. The van der Waals surface area contributed by atoms with Crippen molar-refractivity contribution in [3.8, 4) is 0 Å². The molecule has 0 spiro atoms. The summed E-state index contributed by atoms with van der Waals surface area (Å²) in [6.07, 6.45) is 0. The highest BCUT2D eigenvalue weighted by Gasteiger charge is 2.51. The van der Waals surface area contributed by atoms with Crippen LogP contribution in [-0.4, -0.2) is 34.9 Å². The summed E-state index contributed by atoms with van der Waals surface area (Å²) in [5.41, 5.74) is 0.167. The molecule has 0 radical (unpaired) electrons. The van der Waals surface area contributed by atoms with Gasteiger partial charge in [0.05, 0.1) is 11.2 Å². The fourth-order valence-corrected chi connectivity index (χ4v) is 2.03. The quantitative estimate of drug-likeness (QED) is 0.627. The number of carbonyl (C=O) groups excluding carboxylic acids is 2. The van der Waals surface area contributed by atoms with Crippen molar-refractivity contribution in [2.75, 3.05) is 0 Å². The Labute approximate surface area is 125 Å². The average Bonchev–Trinajstić information content (AvgIpc) is 2.58. The van der Waals surface area contributed by atoms with Crippen molar-refractivity contribution in [1.82, 2.24) is 4.98 Å². The van der Waals surface area contributed by atoms with Gasteiger partial charge in [0.15, 0.2) is 11.6 Å². The van der Waals surface area contributed by atoms with Crippen molar-refractivity contribution >= 4 is 24.1 Å². The predicted molar refractivity (Wildman–Crippen MR) is 80.0 cm³/mol. The lowest BCUT2D eigenvalue weighted by Gasteiger charge is -2.32. The zero-order valence-corrected chi connectivity index (χ0v) is 13.3. The Kier molecular flexibility index (Phi) is 3.80. The van der Waals surface area contributed by atoms with Crippen LogP contribution in [0.5, 0.6) is 0 Å². The molecule has 0 amide bonds. The first-order valence-corrected chi connectivity index (χ1v) is 6.93. The summed E-state index contributed by atoms with van der Waals surface area (Å²) in [7, 11) is -0.616. The van der Waals surface area contributed by atoms with E-state index in [2.05, 4.69) is 4.98 Å². The van der Waals surface area contributed by atoms with Crippen LogP contribution in [0, 0.1) is 0 Å². The molecule has 1 fully saturated rings. The molecule has 0 atom stereocenters. The largest absolute Gasteiger partial charge is 0.494 e. The molecule has 112 valence electrons. The number of carbonyl (C=O) groups is 2. The lowest BCUT2D eigenvalue weighted by atomic mass is 9.78. The van der Waals surface area contributed by atoms with Gasteiger partial charge in [-0.2, -0.15) is 0 Å². The van der Waals surface area contributed by atoms with Gasteiger partial charge in [0.1, 0.15) is 11.4 Å². The van der Waals surface area contributed by atoms with Crippen LogP contribution in [-0.2, 0) is 9.31 Å². The molecule has 2 rings (SSSR count). The van der Waals surface area contributed by atoms with E-state index in [1.54, 1.807) is 12.1 Å². The maximum Gasteiger partial charge on any atom is 0.494 e. The van der Waals surface area contributed by atoms with Gasteiger partial charge in [0, 0.05) is 13.8 Å².